The summed E-state index contributed by atoms with van der Waals surface area (Å²) in [6.45, 7) is 2.36. The molecule has 0 aliphatic carbocycles. The Labute approximate surface area is 158 Å². The minimum atomic E-state index is -1.27. The van der Waals surface area contributed by atoms with Gasteiger partial charge in [-0.2, -0.15) is 0 Å². The van der Waals surface area contributed by atoms with E-state index in [1.165, 1.54) is 4.90 Å². The van der Waals surface area contributed by atoms with Gasteiger partial charge < -0.3 is 15.0 Å². The molecule has 1 aromatic carbocycles. The lowest BCUT2D eigenvalue weighted by Crippen LogP contribution is -2.43. The zero-order valence-corrected chi connectivity index (χ0v) is 15.4. The fourth-order valence-corrected chi connectivity index (χ4v) is 2.81. The van der Waals surface area contributed by atoms with Gasteiger partial charge in [0, 0.05) is 25.1 Å². The van der Waals surface area contributed by atoms with Crippen molar-refractivity contribution in [3.63, 3.8) is 0 Å². The molecule has 0 saturated carbocycles. The molecule has 1 heterocycles. The van der Waals surface area contributed by atoms with Crippen molar-refractivity contribution >= 4 is 23.8 Å². The van der Waals surface area contributed by atoms with Crippen molar-refractivity contribution in [1.29, 1.82) is 0 Å². The van der Waals surface area contributed by atoms with E-state index in [4.69, 9.17) is 4.74 Å². The molecular weight excluding hydrogens is 350 g/mol. The number of rotatable bonds is 6. The van der Waals surface area contributed by atoms with E-state index in [9.17, 15) is 19.2 Å². The van der Waals surface area contributed by atoms with Crippen LogP contribution in [-0.2, 0) is 19.1 Å². The van der Waals surface area contributed by atoms with Gasteiger partial charge in [0.1, 0.15) is 6.54 Å². The van der Waals surface area contributed by atoms with Crippen LogP contribution in [0.25, 0.3) is 0 Å². The summed E-state index contributed by atoms with van der Waals surface area (Å²) in [6.07, 6.45) is 1.72. The molecule has 1 atom stereocenters. The summed E-state index contributed by atoms with van der Waals surface area (Å²) in [7, 11) is 0. The van der Waals surface area contributed by atoms with Gasteiger partial charge in [0.25, 0.3) is 5.91 Å². The van der Waals surface area contributed by atoms with Crippen LogP contribution in [-0.4, -0.2) is 48.3 Å². The van der Waals surface area contributed by atoms with Gasteiger partial charge in [0.2, 0.25) is 12.0 Å². The van der Waals surface area contributed by atoms with Gasteiger partial charge in [-0.05, 0) is 19.8 Å². The zero-order chi connectivity index (χ0) is 19.6. The lowest BCUT2D eigenvalue weighted by atomic mass is 10.1. The second-order valence-corrected chi connectivity index (χ2v) is 6.26. The molecule has 1 aromatic rings. The molecule has 4 amide bonds. The van der Waals surface area contributed by atoms with E-state index < -0.39 is 24.0 Å². The first kappa shape index (κ1) is 20.4. The van der Waals surface area contributed by atoms with Crippen LogP contribution in [0.1, 0.15) is 44.3 Å². The molecule has 1 aliphatic rings. The number of ether oxygens (including phenoxy) is 1. The van der Waals surface area contributed by atoms with Crippen molar-refractivity contribution in [3.05, 3.63) is 35.9 Å². The largest absolute Gasteiger partial charge is 0.446 e. The third-order valence-electron chi connectivity index (χ3n) is 4.16. The normalized spacial score (nSPS) is 15.4. The topological polar surface area (TPSA) is 105 Å². The Morgan fingerprint density at radius 2 is 1.89 bits per heavy atom. The Balaban J connectivity index is 2.06. The van der Waals surface area contributed by atoms with Crippen LogP contribution >= 0.6 is 0 Å². The summed E-state index contributed by atoms with van der Waals surface area (Å²) in [4.78, 5) is 50.0. The molecule has 2 rings (SSSR count). The molecule has 8 nitrogen and oxygen atoms in total. The molecule has 146 valence electrons. The van der Waals surface area contributed by atoms with Gasteiger partial charge >= 0.3 is 12.0 Å². The van der Waals surface area contributed by atoms with Crippen LogP contribution in [0.5, 0.6) is 0 Å². The summed E-state index contributed by atoms with van der Waals surface area (Å²) in [5.74, 6) is -1.53. The molecule has 1 aliphatic heterocycles. The predicted molar refractivity (Wildman–Crippen MR) is 97.5 cm³/mol. The molecule has 0 bridgehead atoms. The van der Waals surface area contributed by atoms with E-state index in [0.717, 1.165) is 19.3 Å². The number of urea groups is 1. The highest BCUT2D eigenvalue weighted by atomic mass is 16.5. The molecule has 0 aromatic heterocycles. The van der Waals surface area contributed by atoms with Crippen LogP contribution in [0, 0.1) is 0 Å². The fraction of sp³-hybridized carbons (Fsp3) is 0.474. The number of benzene rings is 1. The summed E-state index contributed by atoms with van der Waals surface area (Å²) in [6, 6.07) is 7.77. The van der Waals surface area contributed by atoms with E-state index in [2.05, 4.69) is 10.6 Å². The van der Waals surface area contributed by atoms with E-state index in [1.54, 1.807) is 37.3 Å². The average Bonchev–Trinajstić information content (AvgIpc) is 2.85. The van der Waals surface area contributed by atoms with Gasteiger partial charge in [-0.15, -0.1) is 0 Å². The van der Waals surface area contributed by atoms with Crippen molar-refractivity contribution < 1.29 is 23.9 Å². The van der Waals surface area contributed by atoms with Crippen LogP contribution in [0.15, 0.2) is 30.3 Å². The van der Waals surface area contributed by atoms with Crippen LogP contribution < -0.4 is 10.6 Å². The number of likely N-dealkylation sites (tertiary alicyclic amines) is 1. The molecule has 1 saturated heterocycles. The Hall–Kier alpha value is -2.90. The first-order valence-corrected chi connectivity index (χ1v) is 9.12. The molecular formula is C19H25N3O5. The maximum absolute atomic E-state index is 12.4. The maximum atomic E-state index is 12.4. The summed E-state index contributed by atoms with van der Waals surface area (Å²) in [5.41, 5.74) is 0.440. The molecule has 0 unspecified atom stereocenters. The Kier molecular flexibility index (Phi) is 7.79. The van der Waals surface area contributed by atoms with Gasteiger partial charge in [-0.3, -0.25) is 19.7 Å². The number of amides is 4. The van der Waals surface area contributed by atoms with Gasteiger partial charge in [-0.25, -0.2) is 4.79 Å². The zero-order valence-electron chi connectivity index (χ0n) is 15.4. The van der Waals surface area contributed by atoms with E-state index in [-0.39, 0.29) is 12.5 Å². The number of carbonyl (C=O) groups is 4. The molecule has 27 heavy (non-hydrogen) atoms. The Bertz CT molecular complexity index is 677. The minimum absolute atomic E-state index is 0.0903. The highest BCUT2D eigenvalue weighted by molar-refractivity contribution is 5.98. The highest BCUT2D eigenvalue weighted by Crippen LogP contribution is 2.19. The van der Waals surface area contributed by atoms with Crippen molar-refractivity contribution in [2.24, 2.45) is 0 Å². The highest BCUT2D eigenvalue weighted by Gasteiger charge is 2.28. The van der Waals surface area contributed by atoms with Crippen molar-refractivity contribution in [3.8, 4) is 0 Å². The number of carbonyl (C=O) groups excluding carboxylic acids is 4. The lowest BCUT2D eigenvalue weighted by molar-refractivity contribution is -0.159. The Morgan fingerprint density at radius 3 is 2.59 bits per heavy atom. The summed E-state index contributed by atoms with van der Waals surface area (Å²) < 4.78 is 5.34. The Morgan fingerprint density at radius 1 is 1.15 bits per heavy atom. The second-order valence-electron chi connectivity index (χ2n) is 6.26. The number of hydrogen-bond acceptors (Lipinski definition) is 5. The van der Waals surface area contributed by atoms with Crippen LogP contribution in [0.2, 0.25) is 0 Å². The maximum Gasteiger partial charge on any atom is 0.326 e. The minimum Gasteiger partial charge on any atom is -0.446 e. The van der Waals surface area contributed by atoms with Crippen molar-refractivity contribution in [2.75, 3.05) is 19.6 Å². The van der Waals surface area contributed by atoms with Crippen LogP contribution in [0.4, 0.5) is 4.79 Å². The SMILES string of the molecule is CCNC(=O)NC(=O)[C@H](OC(=O)CN1CCCCCC1=O)c1ccccc1. The first-order valence-electron chi connectivity index (χ1n) is 9.12. The smallest absolute Gasteiger partial charge is 0.326 e. The number of esters is 1. The number of hydrogen-bond donors (Lipinski definition) is 2. The monoisotopic (exact) mass is 375 g/mol. The van der Waals surface area contributed by atoms with Gasteiger partial charge in [0.05, 0.1) is 0 Å². The van der Waals surface area contributed by atoms with E-state index in [1.807, 2.05) is 0 Å². The number of imide groups is 1. The fourth-order valence-electron chi connectivity index (χ4n) is 2.81. The molecule has 0 radical (unpaired) electrons. The van der Waals surface area contributed by atoms with Crippen molar-refractivity contribution in [1.82, 2.24) is 15.5 Å². The van der Waals surface area contributed by atoms with Crippen LogP contribution in [0.3, 0.4) is 0 Å². The molecule has 2 N–H and O–H groups in total. The van der Waals surface area contributed by atoms with Gasteiger partial charge in [0.15, 0.2) is 0 Å². The third-order valence-corrected chi connectivity index (χ3v) is 4.16. The predicted octanol–water partition coefficient (Wildman–Crippen LogP) is 1.52. The molecule has 8 heteroatoms. The molecule has 1 fully saturated rings. The first-order chi connectivity index (χ1) is 13.0. The van der Waals surface area contributed by atoms with E-state index >= 15 is 0 Å². The van der Waals surface area contributed by atoms with Crippen molar-refractivity contribution in [2.45, 2.75) is 38.7 Å². The number of nitrogens with zero attached hydrogens (tertiary/aromatic N) is 1. The summed E-state index contributed by atoms with van der Waals surface area (Å²) >= 11 is 0. The third kappa shape index (κ3) is 6.40. The molecule has 0 spiro atoms. The quantitative estimate of drug-likeness (QED) is 0.734. The average molecular weight is 375 g/mol. The number of nitrogens with one attached hydrogen (secondary N) is 2. The standard InChI is InChI=1S/C19H25N3O5/c1-2-20-19(26)21-18(25)17(14-9-5-3-6-10-14)27-16(24)13-22-12-8-4-7-11-15(22)23/h3,5-6,9-10,17H,2,4,7-8,11-13H2,1H3,(H2,20,21,25,26)/t17-/m1/s1. The van der Waals surface area contributed by atoms with E-state index in [0.29, 0.717) is 25.1 Å². The summed E-state index contributed by atoms with van der Waals surface area (Å²) in [5, 5.41) is 4.61. The second kappa shape index (κ2) is 10.3. The lowest BCUT2D eigenvalue weighted by Gasteiger charge is -2.22. The van der Waals surface area contributed by atoms with Gasteiger partial charge in [-0.1, -0.05) is 36.8 Å².